The Morgan fingerprint density at radius 3 is 2.67 bits per heavy atom. The molecule has 2 aromatic rings. The second-order valence-electron chi connectivity index (χ2n) is 5.97. The van der Waals surface area contributed by atoms with Crippen molar-refractivity contribution in [2.45, 2.75) is 20.0 Å². The average Bonchev–Trinajstić information content (AvgIpc) is 3.21. The van der Waals surface area contributed by atoms with Crippen LogP contribution >= 0.6 is 11.3 Å². The van der Waals surface area contributed by atoms with Crippen LogP contribution in [0.3, 0.4) is 0 Å². The van der Waals surface area contributed by atoms with Crippen LogP contribution in [0.2, 0.25) is 0 Å². The summed E-state index contributed by atoms with van der Waals surface area (Å²) in [6, 6.07) is 4.33. The van der Waals surface area contributed by atoms with E-state index >= 15 is 0 Å². The van der Waals surface area contributed by atoms with Gasteiger partial charge in [-0.15, -0.1) is 21.5 Å². The van der Waals surface area contributed by atoms with Crippen LogP contribution in [0.1, 0.15) is 16.5 Å². The number of aliphatic imine (C=N–C) groups is 1. The van der Waals surface area contributed by atoms with Crippen LogP contribution in [0.15, 0.2) is 22.5 Å². The molecule has 0 radical (unpaired) electrons. The van der Waals surface area contributed by atoms with E-state index in [0.29, 0.717) is 6.54 Å². The fourth-order valence-electron chi connectivity index (χ4n) is 2.84. The third-order valence-corrected chi connectivity index (χ3v) is 5.29. The first-order valence-corrected chi connectivity index (χ1v) is 9.10. The second-order valence-corrected chi connectivity index (χ2v) is 7.00. The summed E-state index contributed by atoms with van der Waals surface area (Å²) in [4.78, 5) is 10.7. The number of nitrogens with one attached hydrogen (secondary N) is 1. The summed E-state index contributed by atoms with van der Waals surface area (Å²) in [7, 11) is 3.82. The standard InChI is InChI=1S/C16H25N7S/c1-13-19-20-15(21(13)3)11-18-16(17-2)23-8-6-22(7-9-23)12-14-5-4-10-24-14/h4-5,10H,6-9,11-12H2,1-3H3,(H,17,18). The number of hydrogen-bond donors (Lipinski definition) is 1. The van der Waals surface area contributed by atoms with E-state index in [2.05, 4.69) is 47.8 Å². The molecule has 0 saturated carbocycles. The molecule has 2 aromatic heterocycles. The van der Waals surface area contributed by atoms with Crippen molar-refractivity contribution in [1.29, 1.82) is 0 Å². The minimum absolute atomic E-state index is 0.638. The quantitative estimate of drug-likeness (QED) is 0.662. The number of guanidine groups is 1. The van der Waals surface area contributed by atoms with E-state index in [4.69, 9.17) is 0 Å². The molecule has 0 bridgehead atoms. The van der Waals surface area contributed by atoms with Crippen LogP contribution in [0.5, 0.6) is 0 Å². The first-order chi connectivity index (χ1) is 11.7. The van der Waals surface area contributed by atoms with Gasteiger partial charge in [0.05, 0.1) is 6.54 Å². The molecule has 0 unspecified atom stereocenters. The zero-order valence-electron chi connectivity index (χ0n) is 14.6. The summed E-state index contributed by atoms with van der Waals surface area (Å²) in [6.45, 7) is 7.74. The maximum absolute atomic E-state index is 4.42. The van der Waals surface area contributed by atoms with Gasteiger partial charge in [0, 0.05) is 51.7 Å². The van der Waals surface area contributed by atoms with Crippen molar-refractivity contribution in [1.82, 2.24) is 29.9 Å². The number of thiophene rings is 1. The molecule has 1 fully saturated rings. The van der Waals surface area contributed by atoms with Crippen LogP contribution in [-0.4, -0.2) is 63.8 Å². The maximum Gasteiger partial charge on any atom is 0.194 e. The lowest BCUT2D eigenvalue weighted by atomic mass is 10.3. The molecule has 0 aliphatic carbocycles. The topological polar surface area (TPSA) is 61.6 Å². The molecule has 1 aliphatic rings. The zero-order valence-corrected chi connectivity index (χ0v) is 15.4. The first-order valence-electron chi connectivity index (χ1n) is 8.22. The molecule has 0 atom stereocenters. The van der Waals surface area contributed by atoms with Gasteiger partial charge >= 0.3 is 0 Å². The van der Waals surface area contributed by atoms with Crippen molar-refractivity contribution in [3.05, 3.63) is 34.0 Å². The Morgan fingerprint density at radius 2 is 2.08 bits per heavy atom. The van der Waals surface area contributed by atoms with Crippen LogP contribution in [-0.2, 0) is 20.1 Å². The molecular weight excluding hydrogens is 322 g/mol. The fourth-order valence-corrected chi connectivity index (χ4v) is 3.58. The highest BCUT2D eigenvalue weighted by molar-refractivity contribution is 7.09. The molecule has 3 heterocycles. The molecule has 0 aromatic carbocycles. The molecule has 8 heteroatoms. The van der Waals surface area contributed by atoms with E-state index in [0.717, 1.165) is 50.3 Å². The SMILES string of the molecule is CN=C(NCc1nnc(C)n1C)N1CCN(Cc2cccs2)CC1. The molecule has 24 heavy (non-hydrogen) atoms. The number of aromatic nitrogens is 3. The Labute approximate surface area is 147 Å². The largest absolute Gasteiger partial charge is 0.349 e. The third-order valence-electron chi connectivity index (χ3n) is 4.43. The molecule has 7 nitrogen and oxygen atoms in total. The highest BCUT2D eigenvalue weighted by Gasteiger charge is 2.20. The van der Waals surface area contributed by atoms with Gasteiger partial charge in [0.2, 0.25) is 0 Å². The Morgan fingerprint density at radius 1 is 1.29 bits per heavy atom. The van der Waals surface area contributed by atoms with Gasteiger partial charge in [0.1, 0.15) is 5.82 Å². The van der Waals surface area contributed by atoms with Crippen molar-refractivity contribution >= 4 is 17.3 Å². The fraction of sp³-hybridized carbons (Fsp3) is 0.562. The van der Waals surface area contributed by atoms with Gasteiger partial charge in [-0.25, -0.2) is 0 Å². The van der Waals surface area contributed by atoms with Gasteiger partial charge in [-0.2, -0.15) is 0 Å². The molecule has 0 spiro atoms. The van der Waals surface area contributed by atoms with Crippen molar-refractivity contribution in [2.75, 3.05) is 33.2 Å². The van der Waals surface area contributed by atoms with Gasteiger partial charge in [0.25, 0.3) is 0 Å². The van der Waals surface area contributed by atoms with Crippen LogP contribution in [0, 0.1) is 6.92 Å². The Hall–Kier alpha value is -1.93. The summed E-state index contributed by atoms with van der Waals surface area (Å²) in [5.41, 5.74) is 0. The maximum atomic E-state index is 4.42. The summed E-state index contributed by atoms with van der Waals surface area (Å²) in [6.07, 6.45) is 0. The highest BCUT2D eigenvalue weighted by Crippen LogP contribution is 2.13. The van der Waals surface area contributed by atoms with Crippen molar-refractivity contribution in [2.24, 2.45) is 12.0 Å². The molecule has 0 amide bonds. The normalized spacial score (nSPS) is 16.6. The Kier molecular flexibility index (Phi) is 5.47. The smallest absolute Gasteiger partial charge is 0.194 e. The minimum Gasteiger partial charge on any atom is -0.349 e. The monoisotopic (exact) mass is 347 g/mol. The summed E-state index contributed by atoms with van der Waals surface area (Å²) < 4.78 is 2.00. The van der Waals surface area contributed by atoms with Gasteiger partial charge < -0.3 is 14.8 Å². The Balaban J connectivity index is 1.49. The van der Waals surface area contributed by atoms with E-state index in [1.165, 1.54) is 4.88 Å². The van der Waals surface area contributed by atoms with Crippen molar-refractivity contribution in [3.63, 3.8) is 0 Å². The molecule has 3 rings (SSSR count). The third kappa shape index (κ3) is 3.93. The van der Waals surface area contributed by atoms with Crippen molar-refractivity contribution in [3.8, 4) is 0 Å². The van der Waals surface area contributed by atoms with E-state index in [-0.39, 0.29) is 0 Å². The summed E-state index contributed by atoms with van der Waals surface area (Å²) in [5, 5.41) is 13.8. The first kappa shape index (κ1) is 16.9. The van der Waals surface area contributed by atoms with Crippen LogP contribution in [0.4, 0.5) is 0 Å². The minimum atomic E-state index is 0.638. The van der Waals surface area contributed by atoms with Crippen molar-refractivity contribution < 1.29 is 0 Å². The predicted octanol–water partition coefficient (Wildman–Crippen LogP) is 1.08. The van der Waals surface area contributed by atoms with Crippen LogP contribution < -0.4 is 5.32 Å². The molecule has 130 valence electrons. The highest BCUT2D eigenvalue weighted by atomic mass is 32.1. The predicted molar refractivity (Wildman–Crippen MR) is 97.1 cm³/mol. The van der Waals surface area contributed by atoms with E-state index in [1.54, 1.807) is 0 Å². The summed E-state index contributed by atoms with van der Waals surface area (Å²) >= 11 is 1.83. The average molecular weight is 347 g/mol. The lowest BCUT2D eigenvalue weighted by Gasteiger charge is -2.36. The second kappa shape index (κ2) is 7.76. The lowest BCUT2D eigenvalue weighted by Crippen LogP contribution is -2.52. The van der Waals surface area contributed by atoms with Gasteiger partial charge in [-0.3, -0.25) is 9.89 Å². The number of nitrogens with zero attached hydrogens (tertiary/aromatic N) is 6. The van der Waals surface area contributed by atoms with E-state index in [9.17, 15) is 0 Å². The number of aryl methyl sites for hydroxylation is 1. The van der Waals surface area contributed by atoms with Gasteiger partial charge in [-0.05, 0) is 18.4 Å². The van der Waals surface area contributed by atoms with E-state index < -0.39 is 0 Å². The molecule has 1 N–H and O–H groups in total. The van der Waals surface area contributed by atoms with Gasteiger partial charge in [0.15, 0.2) is 11.8 Å². The molecular formula is C16H25N7S. The molecule has 1 saturated heterocycles. The summed E-state index contributed by atoms with van der Waals surface area (Å²) in [5.74, 6) is 2.78. The lowest BCUT2D eigenvalue weighted by molar-refractivity contribution is 0.173. The number of piperazine rings is 1. The van der Waals surface area contributed by atoms with Gasteiger partial charge in [-0.1, -0.05) is 6.07 Å². The van der Waals surface area contributed by atoms with E-state index in [1.807, 2.05) is 36.9 Å². The molecule has 1 aliphatic heterocycles. The number of hydrogen-bond acceptors (Lipinski definition) is 5. The number of rotatable bonds is 4. The van der Waals surface area contributed by atoms with Crippen LogP contribution in [0.25, 0.3) is 0 Å². The zero-order chi connectivity index (χ0) is 16.9. The Bertz CT molecular complexity index is 669.